The van der Waals surface area contributed by atoms with Crippen LogP contribution in [-0.2, 0) is 23.0 Å². The largest absolute Gasteiger partial charge is 0.419 e. The van der Waals surface area contributed by atoms with E-state index in [1.807, 2.05) is 53.4 Å². The molecule has 0 radical (unpaired) electrons. The van der Waals surface area contributed by atoms with E-state index in [9.17, 15) is 13.7 Å². The number of sulfonamides is 1. The number of piperazine rings is 1. The van der Waals surface area contributed by atoms with E-state index in [2.05, 4.69) is 16.0 Å². The third kappa shape index (κ3) is 4.99. The summed E-state index contributed by atoms with van der Waals surface area (Å²) in [5.74, 6) is 0.719. The van der Waals surface area contributed by atoms with Crippen molar-refractivity contribution in [2.24, 2.45) is 0 Å². The van der Waals surface area contributed by atoms with E-state index in [1.54, 1.807) is 24.3 Å². The van der Waals surface area contributed by atoms with Crippen molar-refractivity contribution in [3.8, 4) is 17.5 Å². The van der Waals surface area contributed by atoms with Gasteiger partial charge in [-0.3, -0.25) is 0 Å². The molecular formula is C29H26ClN5O3S. The first-order valence-corrected chi connectivity index (χ1v) is 14.6. The Hall–Kier alpha value is -3.84. The predicted octanol–water partition coefficient (Wildman–Crippen LogP) is 4.94. The van der Waals surface area contributed by atoms with E-state index in [1.165, 1.54) is 9.87 Å². The molecule has 0 unspecified atom stereocenters. The fourth-order valence-electron chi connectivity index (χ4n) is 5.16. The topological polar surface area (TPSA) is 93.7 Å². The lowest BCUT2D eigenvalue weighted by atomic mass is 10.0. The molecule has 0 spiro atoms. The van der Waals surface area contributed by atoms with Crippen molar-refractivity contribution >= 4 is 33.2 Å². The van der Waals surface area contributed by atoms with E-state index < -0.39 is 10.0 Å². The molecule has 2 aliphatic rings. The molecule has 0 N–H and O–H groups in total. The Bertz CT molecular complexity index is 1650. The van der Waals surface area contributed by atoms with Gasteiger partial charge >= 0.3 is 0 Å². The van der Waals surface area contributed by atoms with Gasteiger partial charge in [0, 0.05) is 55.5 Å². The highest BCUT2D eigenvalue weighted by atomic mass is 35.5. The highest BCUT2D eigenvalue weighted by molar-refractivity contribution is 7.89. The first kappa shape index (κ1) is 25.4. The maximum absolute atomic E-state index is 13.3. The second-order valence-corrected chi connectivity index (χ2v) is 12.0. The van der Waals surface area contributed by atoms with Crippen molar-refractivity contribution < 1.29 is 12.8 Å². The Kier molecular flexibility index (Phi) is 6.77. The molecule has 0 aliphatic carbocycles. The molecule has 0 amide bonds. The summed E-state index contributed by atoms with van der Waals surface area (Å²) in [6, 6.07) is 24.3. The van der Waals surface area contributed by atoms with Gasteiger partial charge in [-0.25, -0.2) is 8.42 Å². The summed E-state index contributed by atoms with van der Waals surface area (Å²) in [5.41, 5.74) is 4.11. The van der Waals surface area contributed by atoms with Crippen LogP contribution < -0.4 is 9.80 Å². The summed E-state index contributed by atoms with van der Waals surface area (Å²) in [4.78, 5) is 8.89. The standard InChI is InChI=1S/C29H26ClN5O3S/c30-24-6-3-7-25(18-24)33-14-16-34(17-15-33)29-27(19-31)32-28(38-29)22-8-10-26(11-9-22)39(36,37)35-13-12-21-4-1-2-5-23(21)20-35/h1-11,18H,12-17,20H2. The number of rotatable bonds is 5. The number of nitrogens with zero attached hydrogens (tertiary/aromatic N) is 5. The lowest BCUT2D eigenvalue weighted by Crippen LogP contribution is -2.46. The molecule has 0 saturated carbocycles. The number of hydrogen-bond acceptors (Lipinski definition) is 7. The van der Waals surface area contributed by atoms with Gasteiger partial charge in [0.15, 0.2) is 0 Å². The average Bonchev–Trinajstić information content (AvgIpc) is 3.42. The zero-order chi connectivity index (χ0) is 27.0. The molecule has 3 aromatic carbocycles. The van der Waals surface area contributed by atoms with Crippen molar-refractivity contribution in [1.82, 2.24) is 9.29 Å². The van der Waals surface area contributed by atoms with E-state index in [-0.39, 0.29) is 16.5 Å². The van der Waals surface area contributed by atoms with Crippen LogP contribution >= 0.6 is 11.6 Å². The van der Waals surface area contributed by atoms with Crippen molar-refractivity contribution in [2.45, 2.75) is 17.9 Å². The van der Waals surface area contributed by atoms with E-state index in [0.717, 1.165) is 24.3 Å². The summed E-state index contributed by atoms with van der Waals surface area (Å²) in [5, 5.41) is 10.4. The maximum Gasteiger partial charge on any atom is 0.243 e. The number of aromatic nitrogens is 1. The minimum absolute atomic E-state index is 0.213. The smallest absolute Gasteiger partial charge is 0.243 e. The molecule has 4 aromatic rings. The molecule has 8 nitrogen and oxygen atoms in total. The van der Waals surface area contributed by atoms with Crippen LogP contribution in [-0.4, -0.2) is 50.4 Å². The number of nitriles is 1. The highest BCUT2D eigenvalue weighted by Crippen LogP contribution is 2.31. The van der Waals surface area contributed by atoms with Crippen LogP contribution in [0.2, 0.25) is 5.02 Å². The molecule has 10 heteroatoms. The molecule has 0 atom stereocenters. The van der Waals surface area contributed by atoms with Gasteiger partial charge in [0.25, 0.3) is 0 Å². The van der Waals surface area contributed by atoms with Crippen molar-refractivity contribution in [3.05, 3.63) is 94.6 Å². The lowest BCUT2D eigenvalue weighted by molar-refractivity contribution is 0.391. The molecule has 3 heterocycles. The quantitative estimate of drug-likeness (QED) is 0.342. The molecule has 2 aliphatic heterocycles. The Morgan fingerprint density at radius 2 is 1.59 bits per heavy atom. The first-order chi connectivity index (χ1) is 18.9. The Labute approximate surface area is 232 Å². The van der Waals surface area contributed by atoms with Crippen LogP contribution in [0.1, 0.15) is 16.8 Å². The van der Waals surface area contributed by atoms with Gasteiger partial charge in [-0.2, -0.15) is 14.6 Å². The molecule has 39 heavy (non-hydrogen) atoms. The number of hydrogen-bond donors (Lipinski definition) is 0. The fraction of sp³-hybridized carbons (Fsp3) is 0.241. The molecule has 6 rings (SSSR count). The van der Waals surface area contributed by atoms with Gasteiger partial charge in [-0.15, -0.1) is 0 Å². The summed E-state index contributed by atoms with van der Waals surface area (Å²) in [7, 11) is -3.65. The minimum atomic E-state index is -3.65. The van der Waals surface area contributed by atoms with E-state index in [4.69, 9.17) is 16.0 Å². The first-order valence-electron chi connectivity index (χ1n) is 12.8. The van der Waals surface area contributed by atoms with E-state index >= 15 is 0 Å². The van der Waals surface area contributed by atoms with Crippen LogP contribution in [0.3, 0.4) is 0 Å². The number of halogens is 1. The zero-order valence-corrected chi connectivity index (χ0v) is 22.7. The normalized spacial score (nSPS) is 16.1. The zero-order valence-electron chi connectivity index (χ0n) is 21.1. The van der Waals surface area contributed by atoms with Crippen LogP contribution in [0.15, 0.2) is 82.1 Å². The summed E-state index contributed by atoms with van der Waals surface area (Å²) >= 11 is 6.15. The molecule has 198 valence electrons. The van der Waals surface area contributed by atoms with Crippen LogP contribution in [0.25, 0.3) is 11.5 Å². The van der Waals surface area contributed by atoms with Gasteiger partial charge in [-0.1, -0.05) is 41.9 Å². The summed E-state index contributed by atoms with van der Waals surface area (Å²) in [6.07, 6.45) is 0.691. The predicted molar refractivity (Wildman–Crippen MR) is 150 cm³/mol. The van der Waals surface area contributed by atoms with Gasteiger partial charge in [0.2, 0.25) is 27.5 Å². The maximum atomic E-state index is 13.3. The van der Waals surface area contributed by atoms with Crippen molar-refractivity contribution in [1.29, 1.82) is 5.26 Å². The summed E-state index contributed by atoms with van der Waals surface area (Å²) < 4.78 is 34.2. The second-order valence-electron chi connectivity index (χ2n) is 9.62. The average molecular weight is 560 g/mol. The second kappa shape index (κ2) is 10.4. The van der Waals surface area contributed by atoms with Crippen LogP contribution in [0.5, 0.6) is 0 Å². The SMILES string of the molecule is N#Cc1nc(-c2ccc(S(=O)(=O)N3CCc4ccccc4C3)cc2)oc1N1CCN(c2cccc(Cl)c2)CC1. The molecule has 1 saturated heterocycles. The molecule has 0 bridgehead atoms. The van der Waals surface area contributed by atoms with Crippen LogP contribution in [0, 0.1) is 11.3 Å². The van der Waals surface area contributed by atoms with E-state index in [0.29, 0.717) is 49.1 Å². The number of benzene rings is 3. The minimum Gasteiger partial charge on any atom is -0.419 e. The van der Waals surface area contributed by atoms with Gasteiger partial charge in [0.1, 0.15) is 6.07 Å². The molecule has 1 fully saturated rings. The fourth-order valence-corrected chi connectivity index (χ4v) is 6.76. The monoisotopic (exact) mass is 559 g/mol. The third-order valence-electron chi connectivity index (χ3n) is 7.29. The third-order valence-corrected chi connectivity index (χ3v) is 9.38. The highest BCUT2D eigenvalue weighted by Gasteiger charge is 2.29. The van der Waals surface area contributed by atoms with Gasteiger partial charge in [-0.05, 0) is 60.0 Å². The van der Waals surface area contributed by atoms with Crippen LogP contribution in [0.4, 0.5) is 11.6 Å². The Morgan fingerprint density at radius 3 is 2.31 bits per heavy atom. The van der Waals surface area contributed by atoms with Gasteiger partial charge in [0.05, 0.1) is 4.90 Å². The Morgan fingerprint density at radius 1 is 0.872 bits per heavy atom. The number of fused-ring (bicyclic) bond motifs is 1. The number of oxazole rings is 1. The summed E-state index contributed by atoms with van der Waals surface area (Å²) in [6.45, 7) is 3.61. The molecule has 1 aromatic heterocycles. The lowest BCUT2D eigenvalue weighted by Gasteiger charge is -2.35. The molecular weight excluding hydrogens is 534 g/mol. The number of anilines is 2. The van der Waals surface area contributed by atoms with Crippen molar-refractivity contribution in [2.75, 3.05) is 42.5 Å². The Balaban J connectivity index is 1.18. The van der Waals surface area contributed by atoms with Crippen molar-refractivity contribution in [3.63, 3.8) is 0 Å². The van der Waals surface area contributed by atoms with Gasteiger partial charge < -0.3 is 14.2 Å².